The third-order valence-corrected chi connectivity index (χ3v) is 0. The van der Waals surface area contributed by atoms with Gasteiger partial charge in [0.1, 0.15) is 0 Å². The van der Waals surface area contributed by atoms with Crippen LogP contribution < -0.4 is 0 Å². The second-order valence-electron chi connectivity index (χ2n) is 0.483. The molecule has 0 bridgehead atoms. The van der Waals surface area contributed by atoms with Crippen molar-refractivity contribution in [2.24, 2.45) is 5.34 Å². The molecule has 0 aromatic rings. The van der Waals surface area contributed by atoms with Crippen molar-refractivity contribution in [1.29, 1.82) is 0 Å². The Morgan fingerprint density at radius 3 is 1.22 bits per heavy atom. The van der Waals surface area contributed by atoms with Crippen LogP contribution in [0.25, 0.3) is 0 Å². The van der Waals surface area contributed by atoms with E-state index in [9.17, 15) is 0 Å². The topological polar surface area (TPSA) is 133 Å². The molecule has 0 unspecified atom stereocenters. The molecule has 0 aliphatic rings. The van der Waals surface area contributed by atoms with E-state index in [0.717, 1.165) is 5.34 Å². The molecule has 0 rings (SSSR count). The molecular weight excluding hydrogens is 198 g/mol. The zero-order chi connectivity index (χ0) is 7.21. The van der Waals surface area contributed by atoms with Crippen LogP contribution in [-0.4, -0.2) is 17.5 Å². The Labute approximate surface area is 61.1 Å². The Morgan fingerprint density at radius 2 is 1.22 bits per heavy atom. The predicted molar refractivity (Wildman–Crippen MR) is 19.6 cm³/mol. The average Bonchev–Trinajstić information content (AvgIpc) is 1.27. The molecule has 0 spiro atoms. The van der Waals surface area contributed by atoms with Gasteiger partial charge in [-0.3, -0.25) is 8.42 Å². The summed E-state index contributed by atoms with van der Waals surface area (Å²) in [5, 5.41) is 9.00. The standard InChI is InChI=1S/Fe.HNO2.H2O4S/c;2-1-3;1-5(2,3)4/h;(H,2,3);(H2,1,2,3,4)/q+3;;/p-3. The molecule has 0 N–H and O–H groups in total. The smallest absolute Gasteiger partial charge is 0.759 e. The van der Waals surface area contributed by atoms with Crippen LogP contribution in [0.5, 0.6) is 0 Å². The molecule has 0 atom stereocenters. The van der Waals surface area contributed by atoms with Crippen LogP contribution in [0.3, 0.4) is 0 Å². The molecule has 0 aromatic carbocycles. The Morgan fingerprint density at radius 1 is 1.22 bits per heavy atom. The average molecular weight is 198 g/mol. The first-order chi connectivity index (χ1) is 3.41. The molecule has 0 saturated carbocycles. The van der Waals surface area contributed by atoms with E-state index in [1.165, 1.54) is 0 Å². The van der Waals surface area contributed by atoms with Crippen molar-refractivity contribution in [3.8, 4) is 0 Å². The molecule has 0 saturated heterocycles. The Hall–Kier alpha value is -0.211. The fourth-order valence-electron chi connectivity index (χ4n) is 0. The summed E-state index contributed by atoms with van der Waals surface area (Å²) in [5.41, 5.74) is 0. The predicted octanol–water partition coefficient (Wildman–Crippen LogP) is -1.09. The van der Waals surface area contributed by atoms with Crippen molar-refractivity contribution in [1.82, 2.24) is 0 Å². The maximum atomic E-state index is 8.52. The number of nitrogens with zero attached hydrogens (tertiary/aromatic N) is 1. The monoisotopic (exact) mass is 198 g/mol. The SMILES string of the molecule is O=N[O-].O=S(=O)([O-])[O-].[Fe+3]. The molecule has 0 aromatic heterocycles. The second kappa shape index (κ2) is 7.79. The van der Waals surface area contributed by atoms with Crippen molar-refractivity contribution < 1.29 is 34.6 Å². The summed E-state index contributed by atoms with van der Waals surface area (Å²) in [6, 6.07) is 0. The first-order valence-electron chi connectivity index (χ1n) is 1.03. The van der Waals surface area contributed by atoms with Crippen molar-refractivity contribution >= 4 is 10.4 Å². The van der Waals surface area contributed by atoms with Crippen LogP contribution in [0.2, 0.25) is 0 Å². The maximum absolute atomic E-state index is 8.52. The van der Waals surface area contributed by atoms with Crippen LogP contribution in [0, 0.1) is 10.1 Å². The summed E-state index contributed by atoms with van der Waals surface area (Å²) in [4.78, 5) is 8.00. The molecule has 9 heavy (non-hydrogen) atoms. The first kappa shape index (κ1) is 15.9. The van der Waals surface area contributed by atoms with E-state index < -0.39 is 10.4 Å². The zero-order valence-electron chi connectivity index (χ0n) is 3.66. The summed E-state index contributed by atoms with van der Waals surface area (Å²) in [7, 11) is -5.17. The van der Waals surface area contributed by atoms with Gasteiger partial charge in [0.15, 0.2) is 0 Å². The number of hydrogen-bond donors (Lipinski definition) is 0. The third kappa shape index (κ3) is 5890. The summed E-state index contributed by atoms with van der Waals surface area (Å²) >= 11 is 0. The second-order valence-corrected chi connectivity index (χ2v) is 1.30. The molecule has 9 heteroatoms. The molecule has 0 amide bonds. The Balaban J connectivity index is -0.0000000800. The van der Waals surface area contributed by atoms with Gasteiger partial charge in [0.2, 0.25) is 0 Å². The first-order valence-corrected chi connectivity index (χ1v) is 2.37. The van der Waals surface area contributed by atoms with Crippen LogP contribution in [0.4, 0.5) is 0 Å². The van der Waals surface area contributed by atoms with Crippen LogP contribution in [-0.2, 0) is 27.5 Å². The summed E-state index contributed by atoms with van der Waals surface area (Å²) in [6.07, 6.45) is 0. The molecular formula is FeNO6S. The zero-order valence-corrected chi connectivity index (χ0v) is 5.58. The van der Waals surface area contributed by atoms with E-state index >= 15 is 0 Å². The minimum absolute atomic E-state index is 0. The Bertz CT molecular complexity index is 127. The third-order valence-electron chi connectivity index (χ3n) is 0. The minimum atomic E-state index is -5.17. The van der Waals surface area contributed by atoms with Gasteiger partial charge in [0.25, 0.3) is 0 Å². The van der Waals surface area contributed by atoms with Gasteiger partial charge >= 0.3 is 17.1 Å². The summed E-state index contributed by atoms with van der Waals surface area (Å²) in [5.74, 6) is 0. The normalized spacial score (nSPS) is 7.78. The Kier molecular flexibility index (Phi) is 13.8. The van der Waals surface area contributed by atoms with Gasteiger partial charge in [-0.2, -0.15) is 0 Å². The molecule has 7 nitrogen and oxygen atoms in total. The van der Waals surface area contributed by atoms with Crippen LogP contribution >= 0.6 is 0 Å². The van der Waals surface area contributed by atoms with Crippen molar-refractivity contribution in [3.63, 3.8) is 0 Å². The van der Waals surface area contributed by atoms with Crippen molar-refractivity contribution in [2.75, 3.05) is 0 Å². The maximum Gasteiger partial charge on any atom is 3.00 e. The van der Waals surface area contributed by atoms with E-state index in [4.69, 9.17) is 27.6 Å². The molecule has 0 aliphatic carbocycles. The van der Waals surface area contributed by atoms with Gasteiger partial charge in [-0.1, -0.05) is 0 Å². The fourth-order valence-corrected chi connectivity index (χ4v) is 0. The quantitative estimate of drug-likeness (QED) is 0.159. The van der Waals surface area contributed by atoms with Gasteiger partial charge in [0.05, 0.1) is 0 Å². The fraction of sp³-hybridized carbons (Fsp3) is 0. The van der Waals surface area contributed by atoms with Gasteiger partial charge in [0, 0.05) is 10.4 Å². The van der Waals surface area contributed by atoms with Gasteiger partial charge in [-0.25, -0.2) is 0 Å². The number of hydrogen-bond acceptors (Lipinski definition) is 7. The summed E-state index contributed by atoms with van der Waals surface area (Å²) < 4.78 is 34.1. The minimum Gasteiger partial charge on any atom is -0.759 e. The van der Waals surface area contributed by atoms with E-state index in [-0.39, 0.29) is 17.1 Å². The molecule has 0 heterocycles. The largest absolute Gasteiger partial charge is 3.00 e. The van der Waals surface area contributed by atoms with E-state index in [0.29, 0.717) is 0 Å². The van der Waals surface area contributed by atoms with Gasteiger partial charge in [-0.05, 0) is 0 Å². The number of rotatable bonds is 0. The molecule has 0 fully saturated rings. The van der Waals surface area contributed by atoms with Crippen molar-refractivity contribution in [2.45, 2.75) is 0 Å². The molecule has 0 aliphatic heterocycles. The summed E-state index contributed by atoms with van der Waals surface area (Å²) in [6.45, 7) is 0. The van der Waals surface area contributed by atoms with Gasteiger partial charge < -0.3 is 19.2 Å². The molecule has 1 radical (unpaired) electrons. The van der Waals surface area contributed by atoms with Gasteiger partial charge in [-0.15, -0.1) is 5.34 Å². The van der Waals surface area contributed by atoms with E-state index in [1.54, 1.807) is 0 Å². The van der Waals surface area contributed by atoms with E-state index in [2.05, 4.69) is 0 Å². The van der Waals surface area contributed by atoms with Crippen LogP contribution in [0.15, 0.2) is 5.34 Å². The molecule has 55 valence electrons. The van der Waals surface area contributed by atoms with Crippen molar-refractivity contribution in [3.05, 3.63) is 10.1 Å². The van der Waals surface area contributed by atoms with E-state index in [1.807, 2.05) is 0 Å². The van der Waals surface area contributed by atoms with Crippen LogP contribution in [0.1, 0.15) is 0 Å².